The second kappa shape index (κ2) is 4.62. The lowest BCUT2D eigenvalue weighted by molar-refractivity contribution is 0.692. The highest BCUT2D eigenvalue weighted by Crippen LogP contribution is 2.20. The molecule has 3 aromatic rings. The largest absolute Gasteiger partial charge is 0.306 e. The SMILES string of the molecule is Cc1nn(C)c2c1nc(CCl)n2Cc1ccncn1. The van der Waals surface area contributed by atoms with Gasteiger partial charge in [0.25, 0.3) is 0 Å². The molecule has 0 bridgehead atoms. The van der Waals surface area contributed by atoms with Crippen LogP contribution in [0.3, 0.4) is 0 Å². The molecule has 0 saturated heterocycles. The Labute approximate surface area is 115 Å². The van der Waals surface area contributed by atoms with Gasteiger partial charge in [-0.05, 0) is 13.0 Å². The molecule has 0 aliphatic heterocycles. The smallest absolute Gasteiger partial charge is 0.159 e. The third-order valence-electron chi connectivity index (χ3n) is 3.05. The van der Waals surface area contributed by atoms with Crippen molar-refractivity contribution < 1.29 is 0 Å². The molecular formula is C12H13ClN6. The van der Waals surface area contributed by atoms with E-state index < -0.39 is 0 Å². The number of rotatable bonds is 3. The molecule has 3 aromatic heterocycles. The van der Waals surface area contributed by atoms with E-state index in [4.69, 9.17) is 11.6 Å². The van der Waals surface area contributed by atoms with Crippen LogP contribution in [0.25, 0.3) is 11.2 Å². The molecule has 3 heterocycles. The summed E-state index contributed by atoms with van der Waals surface area (Å²) in [7, 11) is 1.91. The van der Waals surface area contributed by atoms with E-state index in [-0.39, 0.29) is 0 Å². The Kier molecular flexibility index (Phi) is 2.94. The van der Waals surface area contributed by atoms with Gasteiger partial charge in [0.1, 0.15) is 17.7 Å². The van der Waals surface area contributed by atoms with Crippen LogP contribution in [0.4, 0.5) is 0 Å². The molecule has 0 aliphatic rings. The molecule has 6 nitrogen and oxygen atoms in total. The van der Waals surface area contributed by atoms with E-state index in [0.29, 0.717) is 12.4 Å². The van der Waals surface area contributed by atoms with Crippen molar-refractivity contribution in [1.82, 2.24) is 29.3 Å². The zero-order chi connectivity index (χ0) is 13.4. The quantitative estimate of drug-likeness (QED) is 0.683. The summed E-state index contributed by atoms with van der Waals surface area (Å²) in [4.78, 5) is 12.7. The van der Waals surface area contributed by atoms with Crippen molar-refractivity contribution in [3.05, 3.63) is 35.8 Å². The summed E-state index contributed by atoms with van der Waals surface area (Å²) < 4.78 is 3.87. The monoisotopic (exact) mass is 276 g/mol. The number of aryl methyl sites for hydroxylation is 2. The zero-order valence-corrected chi connectivity index (χ0v) is 11.5. The molecule has 0 spiro atoms. The highest BCUT2D eigenvalue weighted by Gasteiger charge is 2.17. The summed E-state index contributed by atoms with van der Waals surface area (Å²) in [6.45, 7) is 2.56. The average molecular weight is 277 g/mol. The highest BCUT2D eigenvalue weighted by atomic mass is 35.5. The van der Waals surface area contributed by atoms with Crippen LogP contribution in [0, 0.1) is 6.92 Å². The number of alkyl halides is 1. The van der Waals surface area contributed by atoms with E-state index in [2.05, 4.69) is 20.1 Å². The lowest BCUT2D eigenvalue weighted by Crippen LogP contribution is -2.08. The number of hydrogen-bond donors (Lipinski definition) is 0. The van der Waals surface area contributed by atoms with Gasteiger partial charge in [-0.3, -0.25) is 4.68 Å². The van der Waals surface area contributed by atoms with E-state index in [0.717, 1.165) is 28.4 Å². The van der Waals surface area contributed by atoms with Crippen LogP contribution in [0.2, 0.25) is 0 Å². The van der Waals surface area contributed by atoms with Gasteiger partial charge < -0.3 is 4.57 Å². The number of hydrogen-bond acceptors (Lipinski definition) is 4. The minimum Gasteiger partial charge on any atom is -0.306 e. The number of halogens is 1. The Morgan fingerprint density at radius 3 is 2.89 bits per heavy atom. The lowest BCUT2D eigenvalue weighted by Gasteiger charge is -2.07. The standard InChI is InChI=1S/C12H13ClN6/c1-8-11-12(18(2)17-8)19(10(5-13)16-11)6-9-3-4-14-7-15-9/h3-4,7H,5-6H2,1-2H3. The van der Waals surface area contributed by atoms with Crippen LogP contribution in [-0.4, -0.2) is 29.3 Å². The Hall–Kier alpha value is -1.95. The van der Waals surface area contributed by atoms with Crippen LogP contribution in [0.1, 0.15) is 17.2 Å². The molecule has 98 valence electrons. The van der Waals surface area contributed by atoms with Gasteiger partial charge >= 0.3 is 0 Å². The first-order valence-electron chi connectivity index (χ1n) is 5.90. The van der Waals surface area contributed by atoms with E-state index in [1.165, 1.54) is 0 Å². The predicted octanol–water partition coefficient (Wildman–Crippen LogP) is 1.66. The van der Waals surface area contributed by atoms with Crippen LogP contribution in [-0.2, 0) is 19.5 Å². The topological polar surface area (TPSA) is 61.4 Å². The molecule has 7 heteroatoms. The summed E-state index contributed by atoms with van der Waals surface area (Å²) in [5.74, 6) is 1.19. The molecule has 19 heavy (non-hydrogen) atoms. The van der Waals surface area contributed by atoms with Gasteiger partial charge in [-0.25, -0.2) is 15.0 Å². The Balaban J connectivity index is 2.15. The minimum absolute atomic E-state index is 0.360. The summed E-state index contributed by atoms with van der Waals surface area (Å²) in [6, 6.07) is 1.88. The highest BCUT2D eigenvalue weighted by molar-refractivity contribution is 6.16. The van der Waals surface area contributed by atoms with Crippen LogP contribution in [0.15, 0.2) is 18.6 Å². The second-order valence-electron chi connectivity index (χ2n) is 4.33. The van der Waals surface area contributed by atoms with Gasteiger partial charge in [0, 0.05) is 13.2 Å². The van der Waals surface area contributed by atoms with Crippen LogP contribution >= 0.6 is 11.6 Å². The van der Waals surface area contributed by atoms with Gasteiger partial charge in [0.05, 0.1) is 23.8 Å². The normalized spacial score (nSPS) is 11.3. The molecule has 0 saturated carbocycles. The van der Waals surface area contributed by atoms with Gasteiger partial charge in [-0.2, -0.15) is 5.10 Å². The maximum Gasteiger partial charge on any atom is 0.159 e. The molecular weight excluding hydrogens is 264 g/mol. The van der Waals surface area contributed by atoms with Crippen molar-refractivity contribution in [3.8, 4) is 0 Å². The van der Waals surface area contributed by atoms with Crippen molar-refractivity contribution in [2.24, 2.45) is 7.05 Å². The molecule has 3 rings (SSSR count). The van der Waals surface area contributed by atoms with Gasteiger partial charge in [-0.15, -0.1) is 11.6 Å². The molecule has 0 amide bonds. The molecule has 0 N–H and O–H groups in total. The summed E-state index contributed by atoms with van der Waals surface area (Å²) >= 11 is 5.99. The van der Waals surface area contributed by atoms with Gasteiger partial charge in [0.2, 0.25) is 0 Å². The second-order valence-corrected chi connectivity index (χ2v) is 4.60. The van der Waals surface area contributed by atoms with Crippen LogP contribution in [0.5, 0.6) is 0 Å². The average Bonchev–Trinajstić information content (AvgIpc) is 2.91. The Morgan fingerprint density at radius 2 is 2.21 bits per heavy atom. The number of aromatic nitrogens is 6. The fraction of sp³-hybridized carbons (Fsp3) is 0.333. The number of fused-ring (bicyclic) bond motifs is 1. The Bertz CT molecular complexity index is 715. The van der Waals surface area contributed by atoms with Crippen molar-refractivity contribution in [3.63, 3.8) is 0 Å². The maximum atomic E-state index is 5.99. The third kappa shape index (κ3) is 1.98. The molecule has 0 unspecified atom stereocenters. The maximum absolute atomic E-state index is 5.99. The molecule has 0 radical (unpaired) electrons. The Morgan fingerprint density at radius 1 is 1.37 bits per heavy atom. The first kappa shape index (κ1) is 12.1. The van der Waals surface area contributed by atoms with Gasteiger partial charge in [0.15, 0.2) is 5.65 Å². The predicted molar refractivity (Wildman–Crippen MR) is 71.9 cm³/mol. The van der Waals surface area contributed by atoms with E-state index in [9.17, 15) is 0 Å². The van der Waals surface area contributed by atoms with E-state index in [1.807, 2.05) is 29.3 Å². The van der Waals surface area contributed by atoms with Crippen LogP contribution < -0.4 is 0 Å². The summed E-state index contributed by atoms with van der Waals surface area (Å²) in [5, 5.41) is 4.39. The van der Waals surface area contributed by atoms with Crippen molar-refractivity contribution in [1.29, 1.82) is 0 Å². The molecule has 0 aliphatic carbocycles. The molecule has 0 aromatic carbocycles. The first-order valence-corrected chi connectivity index (χ1v) is 6.43. The van der Waals surface area contributed by atoms with Crippen molar-refractivity contribution >= 4 is 22.8 Å². The fourth-order valence-electron chi connectivity index (χ4n) is 2.22. The number of imidazole rings is 1. The van der Waals surface area contributed by atoms with Crippen molar-refractivity contribution in [2.75, 3.05) is 0 Å². The minimum atomic E-state index is 0.360. The van der Waals surface area contributed by atoms with Gasteiger partial charge in [-0.1, -0.05) is 0 Å². The van der Waals surface area contributed by atoms with E-state index >= 15 is 0 Å². The molecule has 0 fully saturated rings. The third-order valence-corrected chi connectivity index (χ3v) is 3.29. The lowest BCUT2D eigenvalue weighted by atomic mass is 10.4. The summed E-state index contributed by atoms with van der Waals surface area (Å²) in [6.07, 6.45) is 3.27. The molecule has 0 atom stereocenters. The van der Waals surface area contributed by atoms with Crippen molar-refractivity contribution in [2.45, 2.75) is 19.3 Å². The number of nitrogens with zero attached hydrogens (tertiary/aromatic N) is 6. The first-order chi connectivity index (χ1) is 9.20. The van der Waals surface area contributed by atoms with E-state index in [1.54, 1.807) is 12.5 Å². The summed E-state index contributed by atoms with van der Waals surface area (Å²) in [5.41, 5.74) is 3.68. The fourth-order valence-corrected chi connectivity index (χ4v) is 2.43. The zero-order valence-electron chi connectivity index (χ0n) is 10.7.